The van der Waals surface area contributed by atoms with Crippen molar-refractivity contribution in [1.82, 2.24) is 5.32 Å². The number of rotatable bonds is 4. The highest BCUT2D eigenvalue weighted by atomic mass is 16.5. The largest absolute Gasteiger partial charge is 0.389 e. The lowest BCUT2D eigenvalue weighted by atomic mass is 9.94. The Morgan fingerprint density at radius 2 is 1.53 bits per heavy atom. The summed E-state index contributed by atoms with van der Waals surface area (Å²) in [5.74, 6) is 0. The Labute approximate surface area is 103 Å². The second kappa shape index (κ2) is 5.65. The highest BCUT2D eigenvalue weighted by molar-refractivity contribution is 4.88. The van der Waals surface area contributed by atoms with E-state index in [4.69, 9.17) is 4.74 Å². The van der Waals surface area contributed by atoms with Gasteiger partial charge in [-0.1, -0.05) is 25.7 Å². The smallest absolute Gasteiger partial charge is 0.102 e. The van der Waals surface area contributed by atoms with Gasteiger partial charge in [-0.25, -0.2) is 0 Å². The van der Waals surface area contributed by atoms with Crippen molar-refractivity contribution in [3.63, 3.8) is 0 Å². The summed E-state index contributed by atoms with van der Waals surface area (Å²) in [6, 6.07) is 0. The normalized spacial score (nSPS) is 33.5. The molecule has 2 aliphatic rings. The maximum atomic E-state index is 10.4. The summed E-state index contributed by atoms with van der Waals surface area (Å²) in [5.41, 5.74) is -1.28. The predicted octanol–water partition coefficient (Wildman–Crippen LogP) is 0.813. The van der Waals surface area contributed by atoms with Crippen molar-refractivity contribution in [3.8, 4) is 0 Å². The van der Waals surface area contributed by atoms with Crippen LogP contribution in [0.5, 0.6) is 0 Å². The highest BCUT2D eigenvalue weighted by Crippen LogP contribution is 2.26. The van der Waals surface area contributed by atoms with Gasteiger partial charge in [0.1, 0.15) is 5.60 Å². The minimum absolute atomic E-state index is 0.415. The van der Waals surface area contributed by atoms with Gasteiger partial charge in [0, 0.05) is 26.1 Å². The summed E-state index contributed by atoms with van der Waals surface area (Å²) in [6.07, 6.45) is 7.17. The fourth-order valence-corrected chi connectivity index (χ4v) is 2.83. The minimum Gasteiger partial charge on any atom is -0.389 e. The van der Waals surface area contributed by atoms with E-state index >= 15 is 0 Å². The fourth-order valence-electron chi connectivity index (χ4n) is 2.83. The van der Waals surface area contributed by atoms with Crippen molar-refractivity contribution < 1.29 is 14.9 Å². The maximum absolute atomic E-state index is 10.4. The second-order valence-electron chi connectivity index (χ2n) is 5.77. The first kappa shape index (κ1) is 13.3. The Bertz CT molecular complexity index is 231. The molecule has 1 aliphatic heterocycles. The molecule has 1 unspecified atom stereocenters. The van der Waals surface area contributed by atoms with Crippen LogP contribution in [-0.2, 0) is 4.74 Å². The zero-order valence-corrected chi connectivity index (χ0v) is 10.6. The molecule has 3 N–H and O–H groups in total. The molecule has 2 rings (SSSR count). The molecule has 1 saturated carbocycles. The van der Waals surface area contributed by atoms with Crippen LogP contribution in [-0.4, -0.2) is 47.7 Å². The molecule has 1 saturated heterocycles. The molecule has 0 spiro atoms. The van der Waals surface area contributed by atoms with Gasteiger partial charge in [0.2, 0.25) is 0 Å². The molecule has 100 valence electrons. The van der Waals surface area contributed by atoms with Gasteiger partial charge in [0.05, 0.1) is 12.2 Å². The van der Waals surface area contributed by atoms with Crippen LogP contribution in [0.15, 0.2) is 0 Å². The number of aliphatic hydroxyl groups is 2. The van der Waals surface area contributed by atoms with E-state index in [9.17, 15) is 10.2 Å². The highest BCUT2D eigenvalue weighted by Gasteiger charge is 2.33. The summed E-state index contributed by atoms with van der Waals surface area (Å²) in [6.45, 7) is 2.17. The number of hydrogen-bond acceptors (Lipinski definition) is 4. The second-order valence-corrected chi connectivity index (χ2v) is 5.77. The monoisotopic (exact) mass is 243 g/mol. The molecule has 0 bridgehead atoms. The average Bonchev–Trinajstić information content (AvgIpc) is 2.59. The fraction of sp³-hybridized carbons (Fsp3) is 1.00. The Balaban J connectivity index is 1.72. The first-order chi connectivity index (χ1) is 8.12. The molecule has 4 nitrogen and oxygen atoms in total. The lowest BCUT2D eigenvalue weighted by molar-refractivity contribution is 0.00290. The summed E-state index contributed by atoms with van der Waals surface area (Å²) in [4.78, 5) is 0. The van der Waals surface area contributed by atoms with Crippen molar-refractivity contribution in [2.45, 2.75) is 56.1 Å². The van der Waals surface area contributed by atoms with Crippen LogP contribution in [0.1, 0.15) is 44.9 Å². The van der Waals surface area contributed by atoms with Crippen LogP contribution in [0.2, 0.25) is 0 Å². The van der Waals surface area contributed by atoms with Gasteiger partial charge < -0.3 is 20.3 Å². The van der Waals surface area contributed by atoms with Crippen molar-refractivity contribution in [1.29, 1.82) is 0 Å². The third-order valence-corrected chi connectivity index (χ3v) is 4.02. The van der Waals surface area contributed by atoms with E-state index in [1.807, 2.05) is 0 Å². The molecule has 0 aromatic heterocycles. The summed E-state index contributed by atoms with van der Waals surface area (Å²) in [7, 11) is 0. The Kier molecular flexibility index (Phi) is 4.42. The Morgan fingerprint density at radius 3 is 2.12 bits per heavy atom. The molecule has 4 heteroatoms. The van der Waals surface area contributed by atoms with E-state index < -0.39 is 11.2 Å². The third kappa shape index (κ3) is 3.91. The van der Waals surface area contributed by atoms with Gasteiger partial charge in [-0.2, -0.15) is 0 Å². The van der Waals surface area contributed by atoms with Crippen molar-refractivity contribution in [2.24, 2.45) is 0 Å². The van der Waals surface area contributed by atoms with Crippen LogP contribution in [0.3, 0.4) is 0 Å². The van der Waals surface area contributed by atoms with Crippen molar-refractivity contribution >= 4 is 0 Å². The SMILES string of the molecule is OC1(CNCC2(O)CCOC2)CCCCCC1. The number of nitrogens with one attached hydrogen (secondary N) is 1. The number of hydrogen-bond donors (Lipinski definition) is 3. The van der Waals surface area contributed by atoms with Crippen LogP contribution in [0.4, 0.5) is 0 Å². The first-order valence-electron chi connectivity index (χ1n) is 6.85. The van der Waals surface area contributed by atoms with Gasteiger partial charge in [-0.3, -0.25) is 0 Å². The molecule has 2 fully saturated rings. The van der Waals surface area contributed by atoms with Gasteiger partial charge >= 0.3 is 0 Å². The molecule has 0 amide bonds. The third-order valence-electron chi connectivity index (χ3n) is 4.02. The lowest BCUT2D eigenvalue weighted by Crippen LogP contribution is -2.47. The molecular formula is C13H25NO3. The molecule has 0 aromatic rings. The van der Waals surface area contributed by atoms with Gasteiger partial charge in [-0.05, 0) is 12.8 Å². The quantitative estimate of drug-likeness (QED) is 0.640. The van der Waals surface area contributed by atoms with Gasteiger partial charge in [-0.15, -0.1) is 0 Å². The topological polar surface area (TPSA) is 61.7 Å². The summed E-state index contributed by atoms with van der Waals surface area (Å²) < 4.78 is 5.20. The Hall–Kier alpha value is -0.160. The van der Waals surface area contributed by atoms with Crippen molar-refractivity contribution in [2.75, 3.05) is 26.3 Å². The molecule has 0 radical (unpaired) electrons. The van der Waals surface area contributed by atoms with E-state index in [0.29, 0.717) is 32.7 Å². The minimum atomic E-state index is -0.721. The lowest BCUT2D eigenvalue weighted by Gasteiger charge is -2.29. The van der Waals surface area contributed by atoms with Crippen molar-refractivity contribution in [3.05, 3.63) is 0 Å². The van der Waals surface area contributed by atoms with E-state index in [1.165, 1.54) is 12.8 Å². The molecule has 0 aromatic carbocycles. The van der Waals surface area contributed by atoms with Gasteiger partial charge in [0.15, 0.2) is 0 Å². The van der Waals surface area contributed by atoms with Crippen LogP contribution in [0, 0.1) is 0 Å². The van der Waals surface area contributed by atoms with Crippen LogP contribution >= 0.6 is 0 Å². The summed E-state index contributed by atoms with van der Waals surface area (Å²) in [5, 5.41) is 23.8. The molecule has 1 atom stereocenters. The standard InChI is InChI=1S/C13H25NO3/c15-12(5-3-1-2-4-6-12)9-14-10-13(16)7-8-17-11-13/h14-16H,1-11H2. The van der Waals surface area contributed by atoms with E-state index in [-0.39, 0.29) is 0 Å². The van der Waals surface area contributed by atoms with Gasteiger partial charge in [0.25, 0.3) is 0 Å². The summed E-state index contributed by atoms with van der Waals surface area (Å²) >= 11 is 0. The van der Waals surface area contributed by atoms with Crippen LogP contribution in [0.25, 0.3) is 0 Å². The maximum Gasteiger partial charge on any atom is 0.102 e. The molecular weight excluding hydrogens is 218 g/mol. The van der Waals surface area contributed by atoms with E-state index in [1.54, 1.807) is 0 Å². The number of ether oxygens (including phenoxy) is 1. The predicted molar refractivity (Wildman–Crippen MR) is 65.9 cm³/mol. The molecule has 17 heavy (non-hydrogen) atoms. The van der Waals surface area contributed by atoms with Crippen LogP contribution < -0.4 is 5.32 Å². The zero-order chi connectivity index (χ0) is 12.2. The van der Waals surface area contributed by atoms with E-state index in [0.717, 1.165) is 25.7 Å². The average molecular weight is 243 g/mol. The molecule has 1 aliphatic carbocycles. The molecule has 1 heterocycles. The Morgan fingerprint density at radius 1 is 0.882 bits per heavy atom. The zero-order valence-electron chi connectivity index (χ0n) is 10.6. The van der Waals surface area contributed by atoms with E-state index in [2.05, 4.69) is 5.32 Å². The first-order valence-corrected chi connectivity index (χ1v) is 6.85.